The summed E-state index contributed by atoms with van der Waals surface area (Å²) in [4.78, 5) is 4.70. The van der Waals surface area contributed by atoms with Crippen LogP contribution >= 0.6 is 15.9 Å². The molecular formula is C13H14BrNO. The molecule has 1 heterocycles. The number of hydrogen-bond donors (Lipinski definition) is 0. The van der Waals surface area contributed by atoms with Crippen molar-refractivity contribution in [3.8, 4) is 0 Å². The second kappa shape index (κ2) is 3.88. The second-order valence-corrected chi connectivity index (χ2v) is 5.58. The van der Waals surface area contributed by atoms with Crippen molar-refractivity contribution in [2.45, 2.75) is 36.1 Å². The number of para-hydroxylation sites is 1. The monoisotopic (exact) mass is 279 g/mol. The molecule has 1 spiro atoms. The van der Waals surface area contributed by atoms with Crippen molar-refractivity contribution >= 4 is 28.0 Å². The Labute approximate surface area is 104 Å². The summed E-state index contributed by atoms with van der Waals surface area (Å²) >= 11 is 3.79. The Morgan fingerprint density at radius 1 is 1.31 bits per heavy atom. The number of rotatable bonds is 0. The molecule has 84 valence electrons. The van der Waals surface area contributed by atoms with E-state index in [1.165, 1.54) is 24.8 Å². The number of hydrogen-bond acceptors (Lipinski definition) is 2. The fraction of sp³-hybridized carbons (Fsp3) is 0.462. The summed E-state index contributed by atoms with van der Waals surface area (Å²) in [5.41, 5.74) is 2.11. The lowest BCUT2D eigenvalue weighted by Crippen LogP contribution is -2.42. The van der Waals surface area contributed by atoms with Gasteiger partial charge in [0, 0.05) is 5.56 Å². The average Bonchev–Trinajstić information content (AvgIpc) is 2.34. The van der Waals surface area contributed by atoms with E-state index in [-0.39, 0.29) is 5.60 Å². The minimum atomic E-state index is -0.184. The van der Waals surface area contributed by atoms with E-state index in [0.717, 1.165) is 12.1 Å². The van der Waals surface area contributed by atoms with Crippen LogP contribution in [0, 0.1) is 0 Å². The quantitative estimate of drug-likeness (QED) is 0.660. The number of fused-ring (bicyclic) bond motifs is 2. The Hall–Kier alpha value is -0.830. The summed E-state index contributed by atoms with van der Waals surface area (Å²) in [6.07, 6.45) is 6.36. The molecule has 1 aromatic rings. The first-order valence-corrected chi connectivity index (χ1v) is 6.68. The lowest BCUT2D eigenvalue weighted by atomic mass is 9.78. The molecule has 0 amide bonds. The molecule has 2 aliphatic rings. The van der Waals surface area contributed by atoms with Gasteiger partial charge in [-0.15, -0.1) is 0 Å². The number of halogens is 1. The number of aliphatic imine (C=N–C) groups is 1. The molecule has 0 aromatic heterocycles. The van der Waals surface area contributed by atoms with Crippen LogP contribution < -0.4 is 0 Å². The molecule has 1 aliphatic carbocycles. The van der Waals surface area contributed by atoms with Crippen molar-refractivity contribution in [1.82, 2.24) is 0 Å². The van der Waals surface area contributed by atoms with Crippen LogP contribution in [0.4, 0.5) is 5.69 Å². The molecule has 0 bridgehead atoms. The zero-order valence-corrected chi connectivity index (χ0v) is 10.6. The van der Waals surface area contributed by atoms with Crippen LogP contribution in [-0.2, 0) is 10.3 Å². The van der Waals surface area contributed by atoms with Crippen LogP contribution in [0.25, 0.3) is 0 Å². The smallest absolute Gasteiger partial charge is 0.175 e. The third kappa shape index (κ3) is 1.41. The molecule has 3 heteroatoms. The molecule has 1 aliphatic heterocycles. The highest BCUT2D eigenvalue weighted by Gasteiger charge is 2.45. The molecular weight excluding hydrogens is 266 g/mol. The third-order valence-corrected chi connectivity index (χ3v) is 4.77. The zero-order chi connectivity index (χ0) is 11.0. The summed E-state index contributed by atoms with van der Waals surface area (Å²) in [5.74, 6) is 0. The van der Waals surface area contributed by atoms with Gasteiger partial charge in [-0.2, -0.15) is 0 Å². The van der Waals surface area contributed by atoms with Crippen molar-refractivity contribution < 1.29 is 4.74 Å². The molecule has 2 nitrogen and oxygen atoms in total. The maximum atomic E-state index is 5.91. The SMILES string of the molecule is BrC1CCCCC12OC=Nc1ccccc12. The molecule has 1 saturated carbocycles. The topological polar surface area (TPSA) is 21.6 Å². The second-order valence-electron chi connectivity index (χ2n) is 4.47. The van der Waals surface area contributed by atoms with E-state index in [1.54, 1.807) is 6.40 Å². The number of alkyl halides is 1. The largest absolute Gasteiger partial charge is 0.471 e. The lowest BCUT2D eigenvalue weighted by Gasteiger charge is -2.42. The van der Waals surface area contributed by atoms with Gasteiger partial charge < -0.3 is 4.74 Å². The van der Waals surface area contributed by atoms with Gasteiger partial charge in [-0.05, 0) is 25.3 Å². The van der Waals surface area contributed by atoms with Crippen molar-refractivity contribution in [3.63, 3.8) is 0 Å². The van der Waals surface area contributed by atoms with Crippen LogP contribution in [0.2, 0.25) is 0 Å². The van der Waals surface area contributed by atoms with Gasteiger partial charge in [-0.25, -0.2) is 4.99 Å². The van der Waals surface area contributed by atoms with Crippen molar-refractivity contribution in [2.75, 3.05) is 0 Å². The van der Waals surface area contributed by atoms with Gasteiger partial charge in [0.05, 0.1) is 10.5 Å². The Bertz CT molecular complexity index is 432. The molecule has 0 N–H and O–H groups in total. The lowest BCUT2D eigenvalue weighted by molar-refractivity contribution is 0.0272. The van der Waals surface area contributed by atoms with Crippen molar-refractivity contribution in [2.24, 2.45) is 4.99 Å². The zero-order valence-electron chi connectivity index (χ0n) is 9.03. The van der Waals surface area contributed by atoms with Crippen LogP contribution in [0.3, 0.4) is 0 Å². The standard InChI is InChI=1S/C13H14BrNO/c14-12-7-3-4-8-13(12)10-5-1-2-6-11(10)15-9-16-13/h1-2,5-6,9,12H,3-4,7-8H2. The molecule has 1 fully saturated rings. The molecule has 2 atom stereocenters. The molecule has 0 saturated heterocycles. The number of benzene rings is 1. The first-order valence-electron chi connectivity index (χ1n) is 5.77. The Morgan fingerprint density at radius 3 is 3.06 bits per heavy atom. The van der Waals surface area contributed by atoms with E-state index in [9.17, 15) is 0 Å². The predicted octanol–water partition coefficient (Wildman–Crippen LogP) is 3.91. The summed E-state index contributed by atoms with van der Waals surface area (Å²) < 4.78 is 5.91. The maximum absolute atomic E-state index is 5.91. The van der Waals surface area contributed by atoms with E-state index >= 15 is 0 Å². The normalized spacial score (nSPS) is 32.2. The summed E-state index contributed by atoms with van der Waals surface area (Å²) in [6.45, 7) is 0. The van der Waals surface area contributed by atoms with Crippen molar-refractivity contribution in [3.05, 3.63) is 29.8 Å². The van der Waals surface area contributed by atoms with E-state index < -0.39 is 0 Å². The first-order chi connectivity index (χ1) is 7.83. The van der Waals surface area contributed by atoms with Crippen molar-refractivity contribution in [1.29, 1.82) is 0 Å². The summed E-state index contributed by atoms with van der Waals surface area (Å²) in [7, 11) is 0. The maximum Gasteiger partial charge on any atom is 0.175 e. The van der Waals surface area contributed by atoms with E-state index in [4.69, 9.17) is 4.74 Å². The van der Waals surface area contributed by atoms with Gasteiger partial charge in [-0.1, -0.05) is 40.5 Å². The van der Waals surface area contributed by atoms with Crippen LogP contribution in [0.5, 0.6) is 0 Å². The Balaban J connectivity index is 2.11. The highest BCUT2D eigenvalue weighted by molar-refractivity contribution is 9.09. The summed E-state index contributed by atoms with van der Waals surface area (Å²) in [6, 6.07) is 8.30. The first kappa shape index (κ1) is 10.3. The van der Waals surface area contributed by atoms with Crippen LogP contribution in [0.1, 0.15) is 31.2 Å². The predicted molar refractivity (Wildman–Crippen MR) is 68.5 cm³/mol. The van der Waals surface area contributed by atoms with Gasteiger partial charge in [-0.3, -0.25) is 0 Å². The number of nitrogens with zero attached hydrogens (tertiary/aromatic N) is 1. The Kier molecular flexibility index (Phi) is 2.51. The van der Waals surface area contributed by atoms with Crippen LogP contribution in [-0.4, -0.2) is 11.2 Å². The summed E-state index contributed by atoms with van der Waals surface area (Å²) in [5, 5.41) is 0. The van der Waals surface area contributed by atoms with E-state index in [0.29, 0.717) is 4.83 Å². The highest BCUT2D eigenvalue weighted by Crippen LogP contribution is 2.48. The van der Waals surface area contributed by atoms with Gasteiger partial charge in [0.1, 0.15) is 5.60 Å². The molecule has 1 aromatic carbocycles. The third-order valence-electron chi connectivity index (χ3n) is 3.58. The van der Waals surface area contributed by atoms with Gasteiger partial charge in [0.25, 0.3) is 0 Å². The average molecular weight is 280 g/mol. The Morgan fingerprint density at radius 2 is 2.19 bits per heavy atom. The van der Waals surface area contributed by atoms with Crippen LogP contribution in [0.15, 0.2) is 29.3 Å². The molecule has 2 unspecified atom stereocenters. The van der Waals surface area contributed by atoms with Gasteiger partial charge >= 0.3 is 0 Å². The minimum absolute atomic E-state index is 0.184. The molecule has 0 radical (unpaired) electrons. The van der Waals surface area contributed by atoms with E-state index in [2.05, 4.69) is 39.1 Å². The number of ether oxygens (including phenoxy) is 1. The van der Waals surface area contributed by atoms with Gasteiger partial charge in [0.2, 0.25) is 0 Å². The fourth-order valence-corrected chi connectivity index (χ4v) is 3.63. The van der Waals surface area contributed by atoms with E-state index in [1.807, 2.05) is 6.07 Å². The minimum Gasteiger partial charge on any atom is -0.471 e. The highest BCUT2D eigenvalue weighted by atomic mass is 79.9. The fourth-order valence-electron chi connectivity index (χ4n) is 2.72. The molecule has 3 rings (SSSR count). The van der Waals surface area contributed by atoms with Gasteiger partial charge in [0.15, 0.2) is 6.40 Å². The molecule has 16 heavy (non-hydrogen) atoms.